The lowest BCUT2D eigenvalue weighted by Crippen LogP contribution is -2.01. The molecule has 1 heterocycles. The lowest BCUT2D eigenvalue weighted by atomic mass is 10.00. The van der Waals surface area contributed by atoms with Gasteiger partial charge in [0.15, 0.2) is 0 Å². The van der Waals surface area contributed by atoms with Gasteiger partial charge in [-0.2, -0.15) is 0 Å². The predicted octanol–water partition coefficient (Wildman–Crippen LogP) is 1.65. The Morgan fingerprint density at radius 3 is 3.17 bits per heavy atom. The summed E-state index contributed by atoms with van der Waals surface area (Å²) in [7, 11) is 0. The van der Waals surface area contributed by atoms with Gasteiger partial charge in [0.2, 0.25) is 0 Å². The van der Waals surface area contributed by atoms with Crippen molar-refractivity contribution in [2.45, 2.75) is 6.42 Å². The molecule has 62 valence electrons. The van der Waals surface area contributed by atoms with Gasteiger partial charge in [-0.25, -0.2) is 4.79 Å². The number of hydrogen-bond donors (Lipinski definition) is 1. The summed E-state index contributed by atoms with van der Waals surface area (Å²) in [5.41, 5.74) is 2.59. The van der Waals surface area contributed by atoms with Crippen LogP contribution in [-0.2, 0) is 4.79 Å². The molecule has 0 saturated heterocycles. The van der Waals surface area contributed by atoms with E-state index in [0.717, 1.165) is 17.2 Å². The van der Waals surface area contributed by atoms with Crippen molar-refractivity contribution in [2.75, 3.05) is 5.75 Å². The highest BCUT2D eigenvalue weighted by molar-refractivity contribution is 8.04. The van der Waals surface area contributed by atoms with Crippen molar-refractivity contribution < 1.29 is 9.90 Å². The molecule has 12 heavy (non-hydrogen) atoms. The number of rotatable bonds is 1. The first kappa shape index (κ1) is 6.78. The second-order valence-electron chi connectivity index (χ2n) is 3.54. The molecule has 3 heteroatoms. The Morgan fingerprint density at radius 2 is 2.42 bits per heavy atom. The van der Waals surface area contributed by atoms with Crippen LogP contribution in [0.4, 0.5) is 0 Å². The second kappa shape index (κ2) is 1.96. The summed E-state index contributed by atoms with van der Waals surface area (Å²) in [5.74, 6) is 1.53. The lowest BCUT2D eigenvalue weighted by molar-refractivity contribution is -0.131. The molecule has 1 fully saturated rings. The van der Waals surface area contributed by atoms with Crippen molar-refractivity contribution in [3.8, 4) is 0 Å². The van der Waals surface area contributed by atoms with Gasteiger partial charge in [0.25, 0.3) is 0 Å². The number of aliphatic carboxylic acids is 1. The van der Waals surface area contributed by atoms with E-state index < -0.39 is 5.97 Å². The van der Waals surface area contributed by atoms with Gasteiger partial charge in [-0.05, 0) is 17.9 Å². The van der Waals surface area contributed by atoms with Crippen LogP contribution in [0.25, 0.3) is 0 Å². The minimum absolute atomic E-state index is 0.552. The van der Waals surface area contributed by atoms with Crippen LogP contribution in [0.2, 0.25) is 0 Å². The van der Waals surface area contributed by atoms with E-state index in [1.165, 1.54) is 23.8 Å². The van der Waals surface area contributed by atoms with Crippen molar-refractivity contribution in [3.05, 3.63) is 22.1 Å². The SMILES string of the molecule is O=C(O)C1=C2C=C3CC3C2CS1. The molecule has 0 aromatic carbocycles. The summed E-state index contributed by atoms with van der Waals surface area (Å²) < 4.78 is 0. The molecule has 0 aromatic rings. The molecule has 1 aliphatic heterocycles. The fourth-order valence-corrected chi connectivity index (χ4v) is 3.43. The third-order valence-electron chi connectivity index (χ3n) is 2.86. The van der Waals surface area contributed by atoms with Crippen molar-refractivity contribution in [3.63, 3.8) is 0 Å². The molecule has 0 aromatic heterocycles. The molecular weight excluding hydrogens is 172 g/mol. The number of carboxylic acid groups (broad SMARTS) is 1. The zero-order valence-corrected chi connectivity index (χ0v) is 7.23. The van der Waals surface area contributed by atoms with Crippen LogP contribution in [0.15, 0.2) is 22.1 Å². The van der Waals surface area contributed by atoms with E-state index in [9.17, 15) is 4.79 Å². The second-order valence-corrected chi connectivity index (χ2v) is 4.57. The Balaban J connectivity index is 2.08. The van der Waals surface area contributed by atoms with E-state index in [2.05, 4.69) is 6.08 Å². The Kier molecular flexibility index (Phi) is 1.11. The minimum atomic E-state index is -0.740. The maximum atomic E-state index is 10.8. The van der Waals surface area contributed by atoms with Crippen LogP contribution < -0.4 is 0 Å². The summed E-state index contributed by atoms with van der Waals surface area (Å²) in [6.07, 6.45) is 3.33. The monoisotopic (exact) mass is 180 g/mol. The molecule has 0 amide bonds. The summed E-state index contributed by atoms with van der Waals surface area (Å²) in [5, 5.41) is 8.85. The van der Waals surface area contributed by atoms with Crippen molar-refractivity contribution in [1.82, 2.24) is 0 Å². The molecule has 2 nitrogen and oxygen atoms in total. The highest BCUT2D eigenvalue weighted by Gasteiger charge is 2.48. The van der Waals surface area contributed by atoms with Gasteiger partial charge < -0.3 is 5.11 Å². The maximum Gasteiger partial charge on any atom is 0.342 e. The number of hydrogen-bond acceptors (Lipinski definition) is 2. The zero-order chi connectivity index (χ0) is 8.29. The third kappa shape index (κ3) is 0.698. The quantitative estimate of drug-likeness (QED) is 0.666. The smallest absolute Gasteiger partial charge is 0.342 e. The Bertz CT molecular complexity index is 340. The van der Waals surface area contributed by atoms with Crippen LogP contribution in [0.3, 0.4) is 0 Å². The highest BCUT2D eigenvalue weighted by atomic mass is 32.2. The van der Waals surface area contributed by atoms with Gasteiger partial charge in [-0.3, -0.25) is 0 Å². The third-order valence-corrected chi connectivity index (χ3v) is 4.09. The Hall–Kier alpha value is -0.700. The first-order chi connectivity index (χ1) is 5.77. The molecular formula is C9H8O2S. The number of carboxylic acids is 1. The number of thioether (sulfide) groups is 1. The fourth-order valence-electron chi connectivity index (χ4n) is 2.17. The van der Waals surface area contributed by atoms with Gasteiger partial charge in [-0.15, -0.1) is 11.8 Å². The summed E-state index contributed by atoms with van der Waals surface area (Å²) in [6.45, 7) is 0. The Labute approximate surface area is 74.3 Å². The number of fused-ring (bicyclic) bond motifs is 3. The fraction of sp³-hybridized carbons (Fsp3) is 0.444. The van der Waals surface area contributed by atoms with Gasteiger partial charge in [-0.1, -0.05) is 11.6 Å². The van der Waals surface area contributed by atoms with Crippen molar-refractivity contribution >= 4 is 17.7 Å². The lowest BCUT2D eigenvalue weighted by Gasteiger charge is -2.03. The maximum absolute atomic E-state index is 10.8. The summed E-state index contributed by atoms with van der Waals surface area (Å²) in [4.78, 5) is 11.4. The molecule has 3 rings (SSSR count). The average molecular weight is 180 g/mol. The normalized spacial score (nSPS) is 36.2. The topological polar surface area (TPSA) is 37.3 Å². The van der Waals surface area contributed by atoms with Gasteiger partial charge in [0, 0.05) is 11.7 Å². The summed E-state index contributed by atoms with van der Waals surface area (Å²) >= 11 is 1.51. The van der Waals surface area contributed by atoms with E-state index in [1.54, 1.807) is 0 Å². The largest absolute Gasteiger partial charge is 0.477 e. The summed E-state index contributed by atoms with van der Waals surface area (Å²) in [6, 6.07) is 0. The minimum Gasteiger partial charge on any atom is -0.477 e. The Morgan fingerprint density at radius 1 is 1.58 bits per heavy atom. The van der Waals surface area contributed by atoms with Crippen LogP contribution in [0.1, 0.15) is 6.42 Å². The predicted molar refractivity (Wildman–Crippen MR) is 46.8 cm³/mol. The van der Waals surface area contributed by atoms with Crippen LogP contribution >= 0.6 is 11.8 Å². The first-order valence-corrected chi connectivity index (χ1v) is 5.06. The molecule has 3 aliphatic rings. The molecule has 2 unspecified atom stereocenters. The number of carbonyl (C=O) groups is 1. The molecule has 1 saturated carbocycles. The molecule has 0 bridgehead atoms. The van der Waals surface area contributed by atoms with E-state index in [1.807, 2.05) is 0 Å². The van der Waals surface area contributed by atoms with Crippen molar-refractivity contribution in [1.29, 1.82) is 0 Å². The molecule has 0 radical (unpaired) electrons. The van der Waals surface area contributed by atoms with E-state index >= 15 is 0 Å². The standard InChI is InChI=1S/C9H8O2S/c10-9(11)8-6-2-4-1-5(4)7(6)3-12-8/h2,5,7H,1,3H2,(H,10,11). The molecule has 1 N–H and O–H groups in total. The molecule has 2 atom stereocenters. The van der Waals surface area contributed by atoms with E-state index in [-0.39, 0.29) is 0 Å². The molecule has 2 aliphatic carbocycles. The zero-order valence-electron chi connectivity index (χ0n) is 6.41. The van der Waals surface area contributed by atoms with Crippen LogP contribution in [0.5, 0.6) is 0 Å². The van der Waals surface area contributed by atoms with Gasteiger partial charge in [0.05, 0.1) is 4.91 Å². The molecule has 0 spiro atoms. The van der Waals surface area contributed by atoms with Gasteiger partial charge in [0.1, 0.15) is 0 Å². The van der Waals surface area contributed by atoms with Crippen molar-refractivity contribution in [2.24, 2.45) is 11.8 Å². The van der Waals surface area contributed by atoms with Crippen LogP contribution in [0, 0.1) is 11.8 Å². The first-order valence-electron chi connectivity index (χ1n) is 4.08. The average Bonchev–Trinajstić information content (AvgIpc) is 2.54. The van der Waals surface area contributed by atoms with Crippen LogP contribution in [-0.4, -0.2) is 16.8 Å². The van der Waals surface area contributed by atoms with E-state index in [4.69, 9.17) is 5.11 Å². The number of allylic oxidation sites excluding steroid dienone is 3. The van der Waals surface area contributed by atoms with Gasteiger partial charge >= 0.3 is 5.97 Å². The highest BCUT2D eigenvalue weighted by Crippen LogP contribution is 2.58. The van der Waals surface area contributed by atoms with E-state index in [0.29, 0.717) is 10.8 Å².